The Morgan fingerprint density at radius 1 is 1.11 bits per heavy atom. The number of allylic oxidation sites excluding steroid dienone is 1. The third kappa shape index (κ3) is 4.58. The van der Waals surface area contributed by atoms with Crippen molar-refractivity contribution in [2.24, 2.45) is 0 Å². The number of nitrogen functional groups attached to an aromatic ring is 1. The average molecular weight is 498 g/mol. The summed E-state index contributed by atoms with van der Waals surface area (Å²) in [4.78, 5) is 25.3. The molecule has 0 aliphatic carbocycles. The second-order valence-electron chi connectivity index (χ2n) is 9.27. The van der Waals surface area contributed by atoms with Crippen LogP contribution in [0.3, 0.4) is 0 Å². The molecule has 0 radical (unpaired) electrons. The SMILES string of the molecule is Nc1nc2nc3c1nc(O)n3Cc1ccc(-c3ccc(C(=O)NC4CNC4)cc3)c(c1)C/C=C\CCO2. The Bertz CT molecular complexity index is 1510. The molecule has 37 heavy (non-hydrogen) atoms. The van der Waals surface area contributed by atoms with E-state index < -0.39 is 0 Å². The first kappa shape index (κ1) is 23.0. The molecule has 188 valence electrons. The van der Waals surface area contributed by atoms with Gasteiger partial charge in [-0.15, -0.1) is 0 Å². The van der Waals surface area contributed by atoms with Gasteiger partial charge >= 0.3 is 6.01 Å². The second-order valence-corrected chi connectivity index (χ2v) is 9.27. The van der Waals surface area contributed by atoms with Gasteiger partial charge < -0.3 is 26.2 Å². The van der Waals surface area contributed by atoms with Crippen LogP contribution >= 0.6 is 0 Å². The van der Waals surface area contributed by atoms with Crippen LogP contribution in [0.1, 0.15) is 27.9 Å². The zero-order valence-electron chi connectivity index (χ0n) is 20.1. The van der Waals surface area contributed by atoms with Crippen LogP contribution in [-0.2, 0) is 13.0 Å². The molecule has 0 spiro atoms. The van der Waals surface area contributed by atoms with Crippen LogP contribution in [0.25, 0.3) is 22.3 Å². The zero-order valence-corrected chi connectivity index (χ0v) is 20.1. The van der Waals surface area contributed by atoms with Gasteiger partial charge in [0.2, 0.25) is 0 Å². The highest BCUT2D eigenvalue weighted by Crippen LogP contribution is 2.29. The molecule has 1 fully saturated rings. The van der Waals surface area contributed by atoms with Gasteiger partial charge in [0.1, 0.15) is 0 Å². The third-order valence-corrected chi connectivity index (χ3v) is 6.69. The van der Waals surface area contributed by atoms with E-state index in [0.29, 0.717) is 36.3 Å². The quantitative estimate of drug-likeness (QED) is 0.316. The monoisotopic (exact) mass is 497 g/mol. The second kappa shape index (κ2) is 9.55. The molecular formula is C27H27N7O3. The number of carbonyl (C=O) groups is 1. The Labute approximate surface area is 213 Å². The molecule has 2 aromatic heterocycles. The molecule has 10 heteroatoms. The Balaban J connectivity index is 1.34. The summed E-state index contributed by atoms with van der Waals surface area (Å²) >= 11 is 0. The Morgan fingerprint density at radius 2 is 1.95 bits per heavy atom. The van der Waals surface area contributed by atoms with E-state index in [-0.39, 0.29) is 29.8 Å². The Kier molecular flexibility index (Phi) is 5.93. The van der Waals surface area contributed by atoms with Crippen molar-refractivity contribution in [3.05, 3.63) is 71.3 Å². The lowest BCUT2D eigenvalue weighted by atomic mass is 9.94. The number of fused-ring (bicyclic) bond motifs is 3. The molecular weight excluding hydrogens is 470 g/mol. The zero-order chi connectivity index (χ0) is 25.4. The van der Waals surface area contributed by atoms with Gasteiger partial charge in [-0.2, -0.15) is 15.0 Å². The fourth-order valence-corrected chi connectivity index (χ4v) is 4.59. The van der Waals surface area contributed by atoms with Crippen LogP contribution in [0.4, 0.5) is 5.82 Å². The van der Waals surface area contributed by atoms with Gasteiger partial charge in [-0.05, 0) is 47.2 Å². The normalized spacial score (nSPS) is 16.5. The summed E-state index contributed by atoms with van der Waals surface area (Å²) in [6, 6.07) is 14.1. The summed E-state index contributed by atoms with van der Waals surface area (Å²) in [5.41, 5.74) is 11.7. The average Bonchev–Trinajstić information content (AvgIpc) is 3.19. The maximum Gasteiger partial charge on any atom is 0.320 e. The molecule has 0 saturated carbocycles. The van der Waals surface area contributed by atoms with Gasteiger partial charge in [0.25, 0.3) is 11.9 Å². The number of aromatic hydroxyl groups is 1. The molecule has 0 unspecified atom stereocenters. The molecule has 10 nitrogen and oxygen atoms in total. The van der Waals surface area contributed by atoms with E-state index >= 15 is 0 Å². The largest absolute Gasteiger partial charge is 0.480 e. The van der Waals surface area contributed by atoms with E-state index in [2.05, 4.69) is 49.9 Å². The van der Waals surface area contributed by atoms with Crippen molar-refractivity contribution in [2.75, 3.05) is 25.4 Å². The van der Waals surface area contributed by atoms with Crippen molar-refractivity contribution < 1.29 is 14.6 Å². The number of ether oxygens (including phenoxy) is 1. The molecule has 2 aromatic carbocycles. The van der Waals surface area contributed by atoms with E-state index in [1.807, 2.05) is 30.3 Å². The molecule has 4 heterocycles. The lowest BCUT2D eigenvalue weighted by Gasteiger charge is -2.27. The summed E-state index contributed by atoms with van der Waals surface area (Å²) in [5.74, 6) is 0.106. The highest BCUT2D eigenvalue weighted by Gasteiger charge is 2.20. The molecule has 2 aliphatic heterocycles. The fraction of sp³-hybridized carbons (Fsp3) is 0.259. The molecule has 0 atom stereocenters. The summed E-state index contributed by atoms with van der Waals surface area (Å²) in [6.45, 7) is 2.37. The minimum Gasteiger partial charge on any atom is -0.480 e. The van der Waals surface area contributed by atoms with Crippen molar-refractivity contribution in [1.82, 2.24) is 30.2 Å². The first-order chi connectivity index (χ1) is 18.0. The number of hydrogen-bond acceptors (Lipinski definition) is 8. The predicted octanol–water partition coefficient (Wildman–Crippen LogP) is 2.41. The smallest absolute Gasteiger partial charge is 0.320 e. The molecule has 1 amide bonds. The van der Waals surface area contributed by atoms with Crippen molar-refractivity contribution in [1.29, 1.82) is 0 Å². The number of nitrogens with two attached hydrogens (primary N) is 1. The molecule has 5 N–H and O–H groups in total. The van der Waals surface area contributed by atoms with Gasteiger partial charge in [0.05, 0.1) is 19.2 Å². The van der Waals surface area contributed by atoms with Crippen molar-refractivity contribution in [2.45, 2.75) is 25.4 Å². The maximum absolute atomic E-state index is 12.5. The van der Waals surface area contributed by atoms with Gasteiger partial charge in [0.15, 0.2) is 17.0 Å². The van der Waals surface area contributed by atoms with Gasteiger partial charge in [0, 0.05) is 18.7 Å². The lowest BCUT2D eigenvalue weighted by molar-refractivity contribution is 0.0924. The molecule has 2 aliphatic rings. The summed E-state index contributed by atoms with van der Waals surface area (Å²) in [7, 11) is 0. The van der Waals surface area contributed by atoms with Gasteiger partial charge in [-0.25, -0.2) is 0 Å². The van der Waals surface area contributed by atoms with Crippen LogP contribution in [0.5, 0.6) is 12.0 Å². The third-order valence-electron chi connectivity index (χ3n) is 6.69. The first-order valence-electron chi connectivity index (χ1n) is 12.3. The Hall–Kier alpha value is -4.44. The molecule has 4 bridgehead atoms. The first-order valence-corrected chi connectivity index (χ1v) is 12.3. The Morgan fingerprint density at radius 3 is 2.73 bits per heavy atom. The van der Waals surface area contributed by atoms with Crippen molar-refractivity contribution in [3.8, 4) is 23.1 Å². The van der Waals surface area contributed by atoms with Crippen LogP contribution < -0.4 is 21.1 Å². The van der Waals surface area contributed by atoms with Crippen LogP contribution in [-0.4, -0.2) is 56.3 Å². The van der Waals surface area contributed by atoms with Crippen molar-refractivity contribution in [3.63, 3.8) is 0 Å². The molecule has 6 rings (SSSR count). The van der Waals surface area contributed by atoms with E-state index in [0.717, 1.165) is 41.8 Å². The maximum atomic E-state index is 12.5. The standard InChI is InChI=1S/C27H27N7O3/c28-23-22-24-33-26(32-23)37-11-3-1-2-4-19-12-16(15-34(24)27(36)31-22)5-10-21(19)17-6-8-18(9-7-17)25(35)30-20-13-29-14-20/h1-2,5-10,12,20,29H,3-4,11,13-15H2,(H,30,35)(H,31,36)(H2,28,32,33)/b2-1-. The van der Waals surface area contributed by atoms with Gasteiger partial charge in [-0.1, -0.05) is 42.5 Å². The predicted molar refractivity (Wildman–Crippen MR) is 139 cm³/mol. The van der Waals surface area contributed by atoms with E-state index in [1.165, 1.54) is 0 Å². The van der Waals surface area contributed by atoms with E-state index in [1.54, 1.807) is 4.57 Å². The van der Waals surface area contributed by atoms with Crippen LogP contribution in [0, 0.1) is 0 Å². The lowest BCUT2D eigenvalue weighted by Crippen LogP contribution is -2.56. The number of anilines is 1. The summed E-state index contributed by atoms with van der Waals surface area (Å²) < 4.78 is 7.30. The number of nitrogens with one attached hydrogen (secondary N) is 2. The number of aromatic nitrogens is 4. The number of nitrogens with zero attached hydrogens (tertiary/aromatic N) is 4. The summed E-state index contributed by atoms with van der Waals surface area (Å²) in [5, 5.41) is 16.7. The topological polar surface area (TPSA) is 140 Å². The number of carbonyl (C=O) groups excluding carboxylic acids is 1. The molecule has 1 saturated heterocycles. The van der Waals surface area contributed by atoms with E-state index in [4.69, 9.17) is 10.5 Å². The number of benzene rings is 2. The van der Waals surface area contributed by atoms with Gasteiger partial charge in [-0.3, -0.25) is 9.36 Å². The minimum atomic E-state index is -0.183. The minimum absolute atomic E-state index is 0.0554. The van der Waals surface area contributed by atoms with Crippen molar-refractivity contribution >= 4 is 22.9 Å². The highest BCUT2D eigenvalue weighted by atomic mass is 16.5. The number of imidazole rings is 1. The summed E-state index contributed by atoms with van der Waals surface area (Å²) in [6.07, 6.45) is 5.59. The molecule has 4 aromatic rings. The number of amides is 1. The van der Waals surface area contributed by atoms with E-state index in [9.17, 15) is 9.90 Å². The highest BCUT2D eigenvalue weighted by molar-refractivity contribution is 5.95. The van der Waals surface area contributed by atoms with Crippen LogP contribution in [0.15, 0.2) is 54.6 Å². The number of rotatable bonds is 3. The number of hydrogen-bond donors (Lipinski definition) is 4. The fourth-order valence-electron chi connectivity index (χ4n) is 4.59. The van der Waals surface area contributed by atoms with Crippen LogP contribution in [0.2, 0.25) is 0 Å².